The molecular formula is C32H24N2O. The summed E-state index contributed by atoms with van der Waals surface area (Å²) in [5.74, 6) is 1.42. The van der Waals surface area contributed by atoms with E-state index in [1.165, 1.54) is 5.56 Å². The summed E-state index contributed by atoms with van der Waals surface area (Å²) >= 11 is 0. The van der Waals surface area contributed by atoms with E-state index >= 15 is 0 Å². The largest absolute Gasteiger partial charge is 0.457 e. The second-order valence-electron chi connectivity index (χ2n) is 8.28. The molecule has 0 spiro atoms. The van der Waals surface area contributed by atoms with Crippen LogP contribution in [-0.4, -0.2) is 0 Å². The highest BCUT2D eigenvalue weighted by atomic mass is 16.5. The van der Waals surface area contributed by atoms with Crippen LogP contribution in [-0.2, 0) is 0 Å². The molecule has 4 aromatic carbocycles. The molecule has 3 nitrogen and oxygen atoms in total. The monoisotopic (exact) mass is 452 g/mol. The summed E-state index contributed by atoms with van der Waals surface area (Å²) in [4.78, 5) is 3.69. The summed E-state index contributed by atoms with van der Waals surface area (Å²) in [6, 6.07) is 33.5. The van der Waals surface area contributed by atoms with Gasteiger partial charge in [0.05, 0.1) is 18.2 Å². The van der Waals surface area contributed by atoms with Crippen molar-refractivity contribution in [2.24, 2.45) is 0 Å². The molecule has 4 rings (SSSR count). The van der Waals surface area contributed by atoms with Gasteiger partial charge >= 0.3 is 0 Å². The van der Waals surface area contributed by atoms with Crippen LogP contribution in [0.4, 0.5) is 0 Å². The Balaban J connectivity index is 1.45. The van der Waals surface area contributed by atoms with Gasteiger partial charge in [-0.1, -0.05) is 83.9 Å². The molecule has 0 amide bonds. The van der Waals surface area contributed by atoms with Gasteiger partial charge in [0.1, 0.15) is 11.5 Å². The lowest BCUT2D eigenvalue weighted by Gasteiger charge is -2.07. The molecule has 0 atom stereocenters. The van der Waals surface area contributed by atoms with Gasteiger partial charge in [-0.15, -0.1) is 0 Å². The Morgan fingerprint density at radius 3 is 1.60 bits per heavy atom. The molecule has 0 saturated carbocycles. The quantitative estimate of drug-likeness (QED) is 0.167. The van der Waals surface area contributed by atoms with Crippen LogP contribution >= 0.6 is 0 Å². The fourth-order valence-electron chi connectivity index (χ4n) is 3.54. The van der Waals surface area contributed by atoms with E-state index in [1.54, 1.807) is 0 Å². The summed E-state index contributed by atoms with van der Waals surface area (Å²) in [7, 11) is 0. The van der Waals surface area contributed by atoms with E-state index in [0.29, 0.717) is 22.8 Å². The van der Waals surface area contributed by atoms with Crippen LogP contribution in [0.5, 0.6) is 11.5 Å². The van der Waals surface area contributed by atoms with Gasteiger partial charge in [-0.25, -0.2) is 4.85 Å². The number of ether oxygens (including phenoxy) is 1. The number of hydrogen-bond donors (Lipinski definition) is 0. The van der Waals surface area contributed by atoms with Gasteiger partial charge in [0.15, 0.2) is 5.70 Å². The van der Waals surface area contributed by atoms with Crippen molar-refractivity contribution in [2.45, 2.75) is 13.8 Å². The van der Waals surface area contributed by atoms with Gasteiger partial charge in [-0.3, -0.25) is 0 Å². The summed E-state index contributed by atoms with van der Waals surface area (Å²) in [6.45, 7) is 11.6. The Bertz CT molecular complexity index is 1330. The molecular weight excluding hydrogens is 428 g/mol. The maximum atomic E-state index is 9.56. The molecule has 3 heteroatoms. The molecule has 0 radical (unpaired) electrons. The molecule has 0 bridgehead atoms. The SMILES string of the molecule is [C-]#[N+]C(=Cc1ccc(Oc2ccc(C=C(C#N)c3ccc(C)cc3)cc2)cc1)c1ccc(C)cc1. The van der Waals surface area contributed by atoms with Gasteiger partial charge in [-0.05, 0) is 72.5 Å². The first-order valence-electron chi connectivity index (χ1n) is 11.3. The van der Waals surface area contributed by atoms with E-state index < -0.39 is 0 Å². The van der Waals surface area contributed by atoms with Crippen molar-refractivity contribution in [3.8, 4) is 17.6 Å². The van der Waals surface area contributed by atoms with E-state index in [0.717, 1.165) is 27.8 Å². The molecule has 0 aliphatic carbocycles. The number of rotatable bonds is 6. The molecule has 0 saturated heterocycles. The van der Waals surface area contributed by atoms with E-state index in [2.05, 4.69) is 10.9 Å². The van der Waals surface area contributed by atoms with Crippen molar-refractivity contribution in [3.05, 3.63) is 142 Å². The summed E-state index contributed by atoms with van der Waals surface area (Å²) in [5, 5.41) is 9.56. The third kappa shape index (κ3) is 6.14. The maximum absolute atomic E-state index is 9.56. The van der Waals surface area contributed by atoms with Crippen LogP contribution in [0.2, 0.25) is 0 Å². The lowest BCUT2D eigenvalue weighted by atomic mass is 10.0. The molecule has 0 N–H and O–H groups in total. The molecule has 4 aromatic rings. The van der Waals surface area contributed by atoms with Gasteiger partial charge in [-0.2, -0.15) is 5.26 Å². The lowest BCUT2D eigenvalue weighted by Crippen LogP contribution is -1.86. The average molecular weight is 453 g/mol. The first kappa shape index (κ1) is 23.3. The zero-order valence-corrected chi connectivity index (χ0v) is 19.7. The van der Waals surface area contributed by atoms with E-state index in [4.69, 9.17) is 11.3 Å². The van der Waals surface area contributed by atoms with E-state index in [9.17, 15) is 5.26 Å². The van der Waals surface area contributed by atoms with Crippen LogP contribution < -0.4 is 4.74 Å². The number of allylic oxidation sites excluding steroid dienone is 1. The highest BCUT2D eigenvalue weighted by Gasteiger charge is 2.04. The van der Waals surface area contributed by atoms with Crippen LogP contribution in [0.25, 0.3) is 28.3 Å². The molecule has 0 heterocycles. The fraction of sp³-hybridized carbons (Fsp3) is 0.0625. The third-order valence-electron chi connectivity index (χ3n) is 5.56. The van der Waals surface area contributed by atoms with Crippen LogP contribution in [0.15, 0.2) is 97.1 Å². The predicted octanol–water partition coefficient (Wildman–Crippen LogP) is 8.58. The standard InChI is InChI=1S/C32H24N2O/c1-23-4-12-27(13-5-23)29(22-33)20-25-8-16-30(17-9-25)35-31-18-10-26(11-19-31)21-32(34-3)28-14-6-24(2)7-15-28/h4-21H,1-2H3. The van der Waals surface area contributed by atoms with E-state index in [1.807, 2.05) is 123 Å². The van der Waals surface area contributed by atoms with Crippen LogP contribution in [0.1, 0.15) is 33.4 Å². The molecule has 35 heavy (non-hydrogen) atoms. The minimum Gasteiger partial charge on any atom is -0.457 e. The van der Waals surface area contributed by atoms with Gasteiger partial charge in [0, 0.05) is 0 Å². The number of benzene rings is 4. The maximum Gasteiger partial charge on any atom is 0.194 e. The molecule has 168 valence electrons. The summed E-state index contributed by atoms with van der Waals surface area (Å²) < 4.78 is 5.98. The predicted molar refractivity (Wildman–Crippen MR) is 143 cm³/mol. The zero-order valence-electron chi connectivity index (χ0n) is 19.7. The van der Waals surface area contributed by atoms with Crippen molar-refractivity contribution in [1.82, 2.24) is 0 Å². The Labute approximate surface area is 206 Å². The Kier molecular flexibility index (Phi) is 7.22. The van der Waals surface area contributed by atoms with Crippen molar-refractivity contribution < 1.29 is 4.74 Å². The highest BCUT2D eigenvalue weighted by Crippen LogP contribution is 2.26. The topological polar surface area (TPSA) is 37.4 Å². The van der Waals surface area contributed by atoms with Crippen molar-refractivity contribution in [3.63, 3.8) is 0 Å². The second-order valence-corrected chi connectivity index (χ2v) is 8.28. The number of aryl methyl sites for hydroxylation is 2. The first-order valence-corrected chi connectivity index (χ1v) is 11.3. The highest BCUT2D eigenvalue weighted by molar-refractivity contribution is 5.89. The number of nitrogens with zero attached hydrogens (tertiary/aromatic N) is 2. The molecule has 0 aromatic heterocycles. The fourth-order valence-corrected chi connectivity index (χ4v) is 3.54. The minimum absolute atomic E-state index is 0.602. The van der Waals surface area contributed by atoms with Crippen LogP contribution in [0.3, 0.4) is 0 Å². The van der Waals surface area contributed by atoms with Crippen LogP contribution in [0, 0.1) is 31.8 Å². The molecule has 0 aliphatic rings. The third-order valence-corrected chi connectivity index (χ3v) is 5.56. The van der Waals surface area contributed by atoms with Crippen molar-refractivity contribution in [2.75, 3.05) is 0 Å². The van der Waals surface area contributed by atoms with Gasteiger partial charge in [0.25, 0.3) is 0 Å². The minimum atomic E-state index is 0.602. The van der Waals surface area contributed by atoms with Crippen molar-refractivity contribution >= 4 is 23.4 Å². The zero-order chi connectivity index (χ0) is 24.6. The normalized spacial score (nSPS) is 11.4. The summed E-state index contributed by atoms with van der Waals surface area (Å²) in [6.07, 6.45) is 3.75. The van der Waals surface area contributed by atoms with Gasteiger partial charge in [0.2, 0.25) is 0 Å². The molecule has 0 unspecified atom stereocenters. The van der Waals surface area contributed by atoms with Gasteiger partial charge < -0.3 is 4.74 Å². The first-order chi connectivity index (χ1) is 17.0. The Hall–Kier alpha value is -4.86. The second kappa shape index (κ2) is 10.8. The summed E-state index contributed by atoms with van der Waals surface area (Å²) in [5.41, 5.74) is 7.21. The number of hydrogen-bond acceptors (Lipinski definition) is 2. The Morgan fingerprint density at radius 2 is 1.14 bits per heavy atom. The number of nitriles is 1. The van der Waals surface area contributed by atoms with Crippen molar-refractivity contribution in [1.29, 1.82) is 5.26 Å². The molecule has 0 aliphatic heterocycles. The average Bonchev–Trinajstić information content (AvgIpc) is 2.89. The smallest absolute Gasteiger partial charge is 0.194 e. The van der Waals surface area contributed by atoms with E-state index in [-0.39, 0.29) is 0 Å². The molecule has 0 fully saturated rings. The lowest BCUT2D eigenvalue weighted by molar-refractivity contribution is 0.482. The Morgan fingerprint density at radius 1 is 0.686 bits per heavy atom.